The largest absolute Gasteiger partial charge is 0.491 e. The lowest BCUT2D eigenvalue weighted by Crippen LogP contribution is -2.53. The number of hydrogen-bond acceptors (Lipinski definition) is 9. The van der Waals surface area contributed by atoms with Gasteiger partial charge in [-0.15, -0.1) is 0 Å². The summed E-state index contributed by atoms with van der Waals surface area (Å²) in [6.45, 7) is 1.17. The molecule has 0 radical (unpaired) electrons. The van der Waals surface area contributed by atoms with Crippen LogP contribution in [-0.4, -0.2) is 94.7 Å². The number of aliphatic carboxylic acids is 1. The number of unbranched alkanes of at least 4 members (excludes halogenated alkanes) is 1. The van der Waals surface area contributed by atoms with Crippen LogP contribution >= 0.6 is 0 Å². The Morgan fingerprint density at radius 1 is 0.778 bits per heavy atom. The number of carboxylic acid groups (broad SMARTS) is 1. The van der Waals surface area contributed by atoms with Crippen molar-refractivity contribution in [1.29, 1.82) is 0 Å². The second-order valence-corrected chi connectivity index (χ2v) is 10.1. The van der Waals surface area contributed by atoms with Gasteiger partial charge >= 0.3 is 20.2 Å². The van der Waals surface area contributed by atoms with Crippen LogP contribution < -0.4 is 32.2 Å². The minimum atomic E-state index is -2.13. The lowest BCUT2D eigenvalue weighted by molar-refractivity contribution is -0.141. The maximum Gasteiger partial charge on any atom is 0.491 e. The van der Waals surface area contributed by atoms with E-state index < -0.39 is 84.9 Å². The maximum absolute atomic E-state index is 14.2. The van der Waals surface area contributed by atoms with E-state index in [4.69, 9.17) is 15.2 Å². The Bertz CT molecular complexity index is 1380. The van der Waals surface area contributed by atoms with Gasteiger partial charge < -0.3 is 46.5 Å². The highest BCUT2D eigenvalue weighted by Crippen LogP contribution is 2.07. The molecule has 2 aromatic rings. The topological polar surface area (TPSA) is 235 Å². The Balaban J connectivity index is 2.02. The van der Waals surface area contributed by atoms with Crippen molar-refractivity contribution in [1.82, 2.24) is 21.3 Å². The fourth-order valence-electron chi connectivity index (χ4n) is 3.94. The summed E-state index contributed by atoms with van der Waals surface area (Å²) < 4.78 is 28.3. The molecule has 0 saturated carbocycles. The first-order valence-electron chi connectivity index (χ1n) is 13.9. The molecule has 0 aliphatic heterocycles. The lowest BCUT2D eigenvalue weighted by Gasteiger charge is -2.19. The number of carbonyl (C=O) groups is 5. The number of carboxylic acids is 1. The summed E-state index contributed by atoms with van der Waals surface area (Å²) in [5.41, 5.74) is -1.50. The molecule has 45 heavy (non-hydrogen) atoms. The van der Waals surface area contributed by atoms with E-state index in [-0.39, 0.29) is 24.1 Å². The second kappa shape index (κ2) is 17.8. The molecule has 14 nitrogen and oxygen atoms in total. The number of carbonyl (C=O) groups excluding carboxylic acids is 4. The van der Waals surface area contributed by atoms with Crippen molar-refractivity contribution in [3.05, 3.63) is 59.2 Å². The smallest absolute Gasteiger partial charge is 0.481 e. The third kappa shape index (κ3) is 11.9. The average molecular weight is 634 g/mol. The Hall–Kier alpha value is -4.38. The molecule has 2 aromatic carbocycles. The Kier molecular flexibility index (Phi) is 14.6. The summed E-state index contributed by atoms with van der Waals surface area (Å²) in [4.78, 5) is 61.3. The molecule has 242 valence electrons. The second-order valence-electron chi connectivity index (χ2n) is 10.1. The van der Waals surface area contributed by atoms with Gasteiger partial charge in [-0.3, -0.25) is 24.0 Å². The predicted octanol–water partition coefficient (Wildman–Crippen LogP) is -2.63. The van der Waals surface area contributed by atoms with E-state index in [1.807, 2.05) is 0 Å². The maximum atomic E-state index is 14.2. The van der Waals surface area contributed by atoms with Crippen molar-refractivity contribution in [3.8, 4) is 0 Å². The first-order valence-corrected chi connectivity index (χ1v) is 13.9. The lowest BCUT2D eigenvalue weighted by atomic mass is 9.79. The van der Waals surface area contributed by atoms with Gasteiger partial charge in [0, 0.05) is 48.1 Å². The zero-order valence-corrected chi connectivity index (χ0v) is 24.3. The normalized spacial score (nSPS) is 12.0. The third-order valence-corrected chi connectivity index (χ3v) is 6.63. The molecule has 2 atom stereocenters. The van der Waals surface area contributed by atoms with Crippen LogP contribution in [0.25, 0.3) is 0 Å². The van der Waals surface area contributed by atoms with Crippen molar-refractivity contribution in [3.63, 3.8) is 0 Å². The summed E-state index contributed by atoms with van der Waals surface area (Å²) in [7, 11) is -4.24. The zero-order valence-electron chi connectivity index (χ0n) is 24.3. The summed E-state index contributed by atoms with van der Waals surface area (Å²) >= 11 is 0. The minimum Gasteiger partial charge on any atom is -0.481 e. The van der Waals surface area contributed by atoms with Crippen LogP contribution in [0.15, 0.2) is 36.4 Å². The van der Waals surface area contributed by atoms with Gasteiger partial charge in [0.1, 0.15) is 17.7 Å². The third-order valence-electron chi connectivity index (χ3n) is 6.63. The number of hydrogen-bond donors (Lipinski definition) is 9. The van der Waals surface area contributed by atoms with Crippen LogP contribution in [0.5, 0.6) is 0 Å². The summed E-state index contributed by atoms with van der Waals surface area (Å²) in [6.07, 6.45) is 1.44. The van der Waals surface area contributed by atoms with Crippen molar-refractivity contribution in [2.75, 3.05) is 19.6 Å². The highest BCUT2D eigenvalue weighted by molar-refractivity contribution is 6.59. The first kappa shape index (κ1) is 36.8. The van der Waals surface area contributed by atoms with Gasteiger partial charge in [-0.2, -0.15) is 0 Å². The van der Waals surface area contributed by atoms with Crippen molar-refractivity contribution in [2.24, 2.45) is 5.92 Å². The SMILES string of the molecule is C[C@@H](CCCCNC(=O)CCNC(=O)[C@@H](CNC(=O)c1ccc(B(O)O)c(F)c1)NC(=O)c1ccc(B(O)O)c(F)c1)C(=O)O. The van der Waals surface area contributed by atoms with Crippen LogP contribution in [0.2, 0.25) is 0 Å². The molecular weight excluding hydrogens is 600 g/mol. The van der Waals surface area contributed by atoms with Crippen molar-refractivity contribution < 1.29 is 58.0 Å². The quantitative estimate of drug-likeness (QED) is 0.0649. The Labute approximate surface area is 257 Å². The fourth-order valence-corrected chi connectivity index (χ4v) is 3.94. The predicted molar refractivity (Wildman–Crippen MR) is 157 cm³/mol. The highest BCUT2D eigenvalue weighted by Gasteiger charge is 2.25. The van der Waals surface area contributed by atoms with E-state index in [1.54, 1.807) is 6.92 Å². The van der Waals surface area contributed by atoms with Gasteiger partial charge in [-0.25, -0.2) is 8.78 Å². The number of amides is 4. The fraction of sp³-hybridized carbons (Fsp3) is 0.370. The van der Waals surface area contributed by atoms with E-state index in [1.165, 1.54) is 0 Å². The summed E-state index contributed by atoms with van der Waals surface area (Å²) in [5, 5.41) is 55.3. The molecule has 18 heteroatoms. The van der Waals surface area contributed by atoms with Gasteiger partial charge in [0.25, 0.3) is 11.8 Å². The molecule has 0 aromatic heterocycles. The molecule has 0 saturated heterocycles. The molecule has 0 aliphatic carbocycles. The number of nitrogens with one attached hydrogen (secondary N) is 4. The highest BCUT2D eigenvalue weighted by atomic mass is 19.1. The number of rotatable bonds is 17. The van der Waals surface area contributed by atoms with Gasteiger partial charge in [0.2, 0.25) is 11.8 Å². The summed E-state index contributed by atoms with van der Waals surface area (Å²) in [5.74, 6) is -6.68. The molecular formula is C27H34B2F2N4O10. The molecule has 4 amide bonds. The number of halogens is 2. The first-order chi connectivity index (χ1) is 21.2. The van der Waals surface area contributed by atoms with Crippen LogP contribution in [0.1, 0.15) is 53.3 Å². The molecule has 0 aliphatic rings. The Morgan fingerprint density at radius 2 is 1.33 bits per heavy atom. The van der Waals surface area contributed by atoms with Crippen LogP contribution in [0.3, 0.4) is 0 Å². The minimum absolute atomic E-state index is 0.150. The molecule has 0 bridgehead atoms. The van der Waals surface area contributed by atoms with Gasteiger partial charge in [-0.05, 0) is 37.1 Å². The standard InChI is InChI=1S/C27H34B2F2N4O10/c1-15(27(40)41)4-2-3-10-32-23(36)9-11-33-26(39)22(35-25(38)17-6-8-19(29(44)45)21(31)13-17)14-34-24(37)16-5-7-18(28(42)43)20(30)12-16/h5-8,12-13,15,22,42-45H,2-4,9-11,14H2,1H3,(H,32,36)(H,33,39)(H,34,37)(H,35,38)(H,40,41)/t15-,22+/m0/s1. The molecule has 9 N–H and O–H groups in total. The summed E-state index contributed by atoms with van der Waals surface area (Å²) in [6, 6.07) is 4.09. The van der Waals surface area contributed by atoms with E-state index in [0.29, 0.717) is 31.9 Å². The Morgan fingerprint density at radius 3 is 1.84 bits per heavy atom. The number of benzene rings is 2. The van der Waals surface area contributed by atoms with Crippen LogP contribution in [0.4, 0.5) is 8.78 Å². The monoisotopic (exact) mass is 634 g/mol. The van der Waals surface area contributed by atoms with Gasteiger partial charge in [0.15, 0.2) is 0 Å². The zero-order chi connectivity index (χ0) is 33.7. The van der Waals surface area contributed by atoms with E-state index in [2.05, 4.69) is 21.3 Å². The average Bonchev–Trinajstić information content (AvgIpc) is 2.97. The molecule has 0 fully saturated rings. The van der Waals surface area contributed by atoms with Crippen LogP contribution in [0, 0.1) is 17.6 Å². The molecule has 2 rings (SSSR count). The van der Waals surface area contributed by atoms with E-state index >= 15 is 0 Å². The van der Waals surface area contributed by atoms with E-state index in [0.717, 1.165) is 30.3 Å². The van der Waals surface area contributed by atoms with Gasteiger partial charge in [0.05, 0.1) is 5.92 Å². The van der Waals surface area contributed by atoms with E-state index in [9.17, 15) is 42.8 Å². The molecule has 0 unspecified atom stereocenters. The van der Waals surface area contributed by atoms with Crippen LogP contribution in [-0.2, 0) is 14.4 Å². The molecule has 0 spiro atoms. The van der Waals surface area contributed by atoms with Gasteiger partial charge in [-0.1, -0.05) is 25.5 Å². The van der Waals surface area contributed by atoms with Crippen molar-refractivity contribution in [2.45, 2.75) is 38.6 Å². The molecule has 0 heterocycles. The van der Waals surface area contributed by atoms with Crippen molar-refractivity contribution >= 4 is 54.8 Å².